The Morgan fingerprint density at radius 2 is 2.60 bits per heavy atom. The Labute approximate surface area is 66.0 Å². The van der Waals surface area contributed by atoms with Crippen LogP contribution in [0.4, 0.5) is 0 Å². The first-order valence-corrected chi connectivity index (χ1v) is 3.08. The molecule has 0 saturated carbocycles. The van der Waals surface area contributed by atoms with Gasteiger partial charge in [0, 0.05) is 35.6 Å². The van der Waals surface area contributed by atoms with Gasteiger partial charge in [-0.05, 0) is 6.20 Å². The molecule has 10 heavy (non-hydrogen) atoms. The molecular formula is C7H13NO2. The minimum absolute atomic E-state index is 0.423. The van der Waals surface area contributed by atoms with E-state index in [-0.39, 0.29) is 0 Å². The minimum atomic E-state index is -2.32. The van der Waals surface area contributed by atoms with Gasteiger partial charge in [-0.2, -0.15) is 0 Å². The number of hydrogen-bond acceptors (Lipinski definition) is 3. The van der Waals surface area contributed by atoms with Crippen LogP contribution in [0.1, 0.15) is 4.11 Å². The van der Waals surface area contributed by atoms with Gasteiger partial charge in [-0.15, -0.1) is 0 Å². The average molecular weight is 147 g/mol. The van der Waals surface area contributed by atoms with Gasteiger partial charge in [0.05, 0.1) is 0 Å². The summed E-state index contributed by atoms with van der Waals surface area (Å²) < 4.78 is 30.0. The molecular weight excluding hydrogens is 130 g/mol. The first-order valence-electron chi connectivity index (χ1n) is 5.03. The lowest BCUT2D eigenvalue weighted by Gasteiger charge is -2.24. The standard InChI is InChI=1S/C7H13NO2/c9-4-6-1-2-8-3-7(6)5-10/h1-2,6-10H,3-5H2/i3D2,7D/hD. The van der Waals surface area contributed by atoms with Crippen LogP contribution in [0.25, 0.3) is 0 Å². The third-order valence-electron chi connectivity index (χ3n) is 1.42. The predicted molar refractivity (Wildman–Crippen MR) is 38.3 cm³/mol. The van der Waals surface area contributed by atoms with Crippen LogP contribution in [0.15, 0.2) is 12.3 Å². The van der Waals surface area contributed by atoms with E-state index in [1.165, 1.54) is 6.08 Å². The molecule has 0 spiro atoms. The van der Waals surface area contributed by atoms with E-state index in [0.717, 1.165) is 6.20 Å². The summed E-state index contributed by atoms with van der Waals surface area (Å²) in [5.41, 5.74) is 0. The normalized spacial score (nSPS) is 51.0. The summed E-state index contributed by atoms with van der Waals surface area (Å²) in [5.74, 6) is -2.71. The number of aliphatic hydroxyl groups excluding tert-OH is 2. The summed E-state index contributed by atoms with van der Waals surface area (Å²) in [5, 5.41) is 18.5. The van der Waals surface area contributed by atoms with Gasteiger partial charge in [0.15, 0.2) is 1.41 Å². The van der Waals surface area contributed by atoms with Crippen molar-refractivity contribution >= 4 is 0 Å². The number of rotatable bonds is 2. The molecule has 1 aliphatic rings. The SMILES string of the molecule is [2H]N1C=CC(CO)C([2H])(CO)C1([2H])[2H]. The topological polar surface area (TPSA) is 52.5 Å². The van der Waals surface area contributed by atoms with E-state index < -0.39 is 31.5 Å². The van der Waals surface area contributed by atoms with Crippen LogP contribution in [0.2, 0.25) is 1.41 Å². The maximum atomic E-state index is 9.02. The van der Waals surface area contributed by atoms with Crippen molar-refractivity contribution in [2.24, 2.45) is 11.8 Å². The Morgan fingerprint density at radius 3 is 3.20 bits per heavy atom. The molecule has 1 aliphatic heterocycles. The Morgan fingerprint density at radius 1 is 1.80 bits per heavy atom. The Balaban J connectivity index is 3.12. The van der Waals surface area contributed by atoms with Crippen LogP contribution in [-0.2, 0) is 0 Å². The smallest absolute Gasteiger partial charge is 0.159 e. The van der Waals surface area contributed by atoms with E-state index in [0.29, 0.717) is 5.31 Å². The van der Waals surface area contributed by atoms with Crippen molar-refractivity contribution in [3.8, 4) is 0 Å². The van der Waals surface area contributed by atoms with Gasteiger partial charge in [0.1, 0.15) is 0 Å². The minimum Gasteiger partial charge on any atom is -0.396 e. The third kappa shape index (κ3) is 1.49. The lowest BCUT2D eigenvalue weighted by Crippen LogP contribution is -2.33. The van der Waals surface area contributed by atoms with E-state index >= 15 is 0 Å². The Bertz CT molecular complexity index is 248. The van der Waals surface area contributed by atoms with Crippen LogP contribution in [0, 0.1) is 11.8 Å². The molecule has 1 rings (SSSR count). The zero-order valence-corrected chi connectivity index (χ0v) is 5.49. The van der Waals surface area contributed by atoms with E-state index in [1.807, 2.05) is 0 Å². The van der Waals surface area contributed by atoms with Gasteiger partial charge < -0.3 is 15.5 Å². The Kier molecular flexibility index (Phi) is 1.34. The Hall–Kier alpha value is -0.540. The summed E-state index contributed by atoms with van der Waals surface area (Å²) >= 11 is 0. The molecule has 0 amide bonds. The highest BCUT2D eigenvalue weighted by atomic mass is 16.3. The number of nitrogens with one attached hydrogen (secondary N) is 1. The fourth-order valence-electron chi connectivity index (χ4n) is 0.790. The van der Waals surface area contributed by atoms with Gasteiger partial charge in [0.25, 0.3) is 0 Å². The fourth-order valence-corrected chi connectivity index (χ4v) is 0.790. The quantitative estimate of drug-likeness (QED) is 0.485. The van der Waals surface area contributed by atoms with Gasteiger partial charge >= 0.3 is 0 Å². The van der Waals surface area contributed by atoms with Crippen molar-refractivity contribution in [1.82, 2.24) is 5.31 Å². The molecule has 3 nitrogen and oxygen atoms in total. The second-order valence-electron chi connectivity index (χ2n) is 2.05. The molecule has 0 fully saturated rings. The van der Waals surface area contributed by atoms with Gasteiger partial charge in [-0.3, -0.25) is 0 Å². The second-order valence-corrected chi connectivity index (χ2v) is 2.05. The highest BCUT2D eigenvalue weighted by Gasteiger charge is 2.19. The molecule has 0 aromatic rings. The van der Waals surface area contributed by atoms with Gasteiger partial charge in [0.2, 0.25) is 0 Å². The summed E-state index contributed by atoms with van der Waals surface area (Å²) in [4.78, 5) is 0. The molecule has 0 bridgehead atoms. The summed E-state index contributed by atoms with van der Waals surface area (Å²) in [6, 6.07) is 0. The lowest BCUT2D eigenvalue weighted by atomic mass is 9.92. The molecule has 0 saturated heterocycles. The van der Waals surface area contributed by atoms with E-state index in [9.17, 15) is 0 Å². The maximum Gasteiger partial charge on any atom is 0.159 e. The summed E-state index contributed by atoms with van der Waals surface area (Å²) in [7, 11) is 0. The monoisotopic (exact) mass is 147 g/mol. The number of hydrogen-bond donors (Lipinski definition) is 3. The largest absolute Gasteiger partial charge is 0.396 e. The van der Waals surface area contributed by atoms with Crippen LogP contribution in [0.5, 0.6) is 0 Å². The molecule has 3 heteroatoms. The second kappa shape index (κ2) is 3.58. The highest BCUT2D eigenvalue weighted by molar-refractivity contribution is 4.95. The van der Waals surface area contributed by atoms with Crippen molar-refractivity contribution in [1.29, 1.82) is 0 Å². The molecule has 0 aromatic carbocycles. The van der Waals surface area contributed by atoms with E-state index in [4.69, 9.17) is 15.7 Å². The highest BCUT2D eigenvalue weighted by Crippen LogP contribution is 2.14. The molecule has 1 heterocycles. The molecule has 0 aliphatic carbocycles. The van der Waals surface area contributed by atoms with Crippen molar-refractivity contribution < 1.29 is 15.7 Å². The molecule has 2 unspecified atom stereocenters. The zero-order chi connectivity index (χ0) is 11.0. The molecule has 3 N–H and O–H groups in total. The molecule has 0 radical (unpaired) electrons. The molecule has 0 aromatic heterocycles. The first kappa shape index (κ1) is 3.74. The van der Waals surface area contributed by atoms with Crippen molar-refractivity contribution in [2.75, 3.05) is 19.7 Å². The lowest BCUT2D eigenvalue weighted by molar-refractivity contribution is 0.140. The van der Waals surface area contributed by atoms with Crippen LogP contribution < -0.4 is 5.31 Å². The summed E-state index contributed by atoms with van der Waals surface area (Å²) in [6.07, 6.45) is 2.51. The van der Waals surface area contributed by atoms with Crippen LogP contribution in [-0.4, -0.2) is 29.9 Å². The van der Waals surface area contributed by atoms with Crippen molar-refractivity contribution in [3.63, 3.8) is 0 Å². The van der Waals surface area contributed by atoms with Crippen molar-refractivity contribution in [3.05, 3.63) is 12.3 Å². The van der Waals surface area contributed by atoms with Crippen LogP contribution >= 0.6 is 0 Å². The van der Waals surface area contributed by atoms with Gasteiger partial charge in [-0.1, -0.05) is 6.08 Å². The van der Waals surface area contributed by atoms with Gasteiger partial charge in [-0.25, -0.2) is 0 Å². The molecule has 2 atom stereocenters. The van der Waals surface area contributed by atoms with E-state index in [1.54, 1.807) is 0 Å². The molecule has 58 valence electrons. The van der Waals surface area contributed by atoms with Crippen molar-refractivity contribution in [2.45, 2.75) is 0 Å². The summed E-state index contributed by atoms with van der Waals surface area (Å²) in [6.45, 7) is -3.48. The third-order valence-corrected chi connectivity index (χ3v) is 1.42. The zero-order valence-electron chi connectivity index (χ0n) is 9.49. The average Bonchev–Trinajstić information content (AvgIpc) is 2.15. The van der Waals surface area contributed by atoms with Crippen LogP contribution in [0.3, 0.4) is 0 Å². The maximum absolute atomic E-state index is 9.02. The predicted octanol–water partition coefficient (Wildman–Crippen LogP) is -0.680. The number of aliphatic hydroxyl groups is 2. The first-order chi connectivity index (χ1) is 6.40. The van der Waals surface area contributed by atoms with E-state index in [2.05, 4.69) is 0 Å². The fraction of sp³-hybridized carbons (Fsp3) is 0.714.